The Morgan fingerprint density at radius 2 is 2.13 bits per heavy atom. The molecule has 1 aliphatic rings. The quantitative estimate of drug-likeness (QED) is 0.698. The van der Waals surface area contributed by atoms with Gasteiger partial charge in [-0.05, 0) is 20.3 Å². The Hall–Kier alpha value is -1.39. The molecule has 1 unspecified atom stereocenters. The van der Waals surface area contributed by atoms with Gasteiger partial charge in [0, 0.05) is 18.4 Å². The van der Waals surface area contributed by atoms with Crippen LogP contribution in [0.4, 0.5) is 0 Å². The third-order valence-corrected chi connectivity index (χ3v) is 2.50. The molecule has 0 spiro atoms. The summed E-state index contributed by atoms with van der Waals surface area (Å²) in [6.07, 6.45) is 0.435. The highest BCUT2D eigenvalue weighted by Crippen LogP contribution is 2.23. The summed E-state index contributed by atoms with van der Waals surface area (Å²) in [5.41, 5.74) is 0. The minimum absolute atomic E-state index is 0.185. The third-order valence-electron chi connectivity index (χ3n) is 2.50. The molecule has 1 rings (SSSR count). The third kappa shape index (κ3) is 2.55. The van der Waals surface area contributed by atoms with Crippen molar-refractivity contribution >= 4 is 17.8 Å². The number of rotatable bonds is 3. The van der Waals surface area contributed by atoms with Crippen molar-refractivity contribution in [3.8, 4) is 0 Å². The zero-order valence-electron chi connectivity index (χ0n) is 8.90. The number of carboxylic acids is 1. The van der Waals surface area contributed by atoms with Crippen LogP contribution in [-0.4, -0.2) is 33.8 Å². The Labute approximate surface area is 88.1 Å². The summed E-state index contributed by atoms with van der Waals surface area (Å²) < 4.78 is 0. The van der Waals surface area contributed by atoms with Crippen LogP contribution in [0.25, 0.3) is 0 Å². The normalized spacial score (nSPS) is 22.3. The first-order valence-electron chi connectivity index (χ1n) is 5.01. The topological polar surface area (TPSA) is 74.7 Å². The first-order chi connectivity index (χ1) is 6.93. The van der Waals surface area contributed by atoms with Crippen LogP contribution in [-0.2, 0) is 14.4 Å². The van der Waals surface area contributed by atoms with Gasteiger partial charge in [0.15, 0.2) is 0 Å². The minimum atomic E-state index is -0.994. The molecule has 1 atom stereocenters. The highest BCUT2D eigenvalue weighted by Gasteiger charge is 2.36. The van der Waals surface area contributed by atoms with Gasteiger partial charge in [-0.1, -0.05) is 0 Å². The summed E-state index contributed by atoms with van der Waals surface area (Å²) in [6, 6.07) is -0.193. The van der Waals surface area contributed by atoms with Crippen molar-refractivity contribution in [2.24, 2.45) is 5.92 Å². The van der Waals surface area contributed by atoms with Gasteiger partial charge in [-0.15, -0.1) is 0 Å². The molecule has 1 aliphatic heterocycles. The summed E-state index contributed by atoms with van der Waals surface area (Å²) in [5.74, 6) is -2.07. The average molecular weight is 213 g/mol. The van der Waals surface area contributed by atoms with Crippen molar-refractivity contribution in [1.82, 2.24) is 4.90 Å². The van der Waals surface area contributed by atoms with E-state index in [9.17, 15) is 14.4 Å². The number of carbonyl (C=O) groups excluding carboxylic acids is 2. The Bertz CT molecular complexity index is 298. The summed E-state index contributed by atoms with van der Waals surface area (Å²) >= 11 is 0. The molecule has 84 valence electrons. The van der Waals surface area contributed by atoms with Crippen molar-refractivity contribution < 1.29 is 19.5 Å². The Balaban J connectivity index is 2.77. The summed E-state index contributed by atoms with van der Waals surface area (Å²) in [4.78, 5) is 34.9. The molecule has 1 saturated heterocycles. The molecule has 5 heteroatoms. The number of aliphatic carboxylic acids is 1. The molecule has 1 heterocycles. The highest BCUT2D eigenvalue weighted by molar-refractivity contribution is 6.00. The van der Waals surface area contributed by atoms with Crippen LogP contribution in [0.2, 0.25) is 0 Å². The lowest BCUT2D eigenvalue weighted by Gasteiger charge is -2.32. The van der Waals surface area contributed by atoms with E-state index >= 15 is 0 Å². The predicted molar refractivity (Wildman–Crippen MR) is 52.0 cm³/mol. The average Bonchev–Trinajstić information content (AvgIpc) is 2.09. The highest BCUT2D eigenvalue weighted by atomic mass is 16.4. The molecular weight excluding hydrogens is 198 g/mol. The fraction of sp³-hybridized carbons (Fsp3) is 0.700. The van der Waals surface area contributed by atoms with E-state index in [-0.39, 0.29) is 30.7 Å². The number of hydrogen-bond acceptors (Lipinski definition) is 3. The van der Waals surface area contributed by atoms with Gasteiger partial charge in [0.25, 0.3) is 0 Å². The molecule has 15 heavy (non-hydrogen) atoms. The van der Waals surface area contributed by atoms with E-state index in [0.717, 1.165) is 0 Å². The van der Waals surface area contributed by atoms with Crippen molar-refractivity contribution in [3.63, 3.8) is 0 Å². The predicted octanol–water partition coefficient (Wildman–Crippen LogP) is 0.635. The number of amides is 2. The molecule has 5 nitrogen and oxygen atoms in total. The van der Waals surface area contributed by atoms with Gasteiger partial charge >= 0.3 is 5.97 Å². The first-order valence-corrected chi connectivity index (χ1v) is 5.01. The van der Waals surface area contributed by atoms with Crippen LogP contribution in [0.3, 0.4) is 0 Å². The lowest BCUT2D eigenvalue weighted by molar-refractivity contribution is -0.157. The Morgan fingerprint density at radius 1 is 1.53 bits per heavy atom. The Kier molecular flexibility index (Phi) is 3.44. The number of piperidine rings is 1. The number of likely N-dealkylation sites (tertiary alicyclic amines) is 1. The number of nitrogens with zero attached hydrogens (tertiary/aromatic N) is 1. The first kappa shape index (κ1) is 11.7. The van der Waals surface area contributed by atoms with Gasteiger partial charge in [0.05, 0.1) is 6.42 Å². The van der Waals surface area contributed by atoms with Gasteiger partial charge in [-0.25, -0.2) is 0 Å². The molecule has 2 amide bonds. The summed E-state index contributed by atoms with van der Waals surface area (Å²) in [6.45, 7) is 3.50. The van der Waals surface area contributed by atoms with Crippen LogP contribution in [0.1, 0.15) is 33.1 Å². The second-order valence-electron chi connectivity index (χ2n) is 4.03. The number of carbonyl (C=O) groups is 3. The van der Waals surface area contributed by atoms with Crippen LogP contribution in [0.5, 0.6) is 0 Å². The van der Waals surface area contributed by atoms with Crippen molar-refractivity contribution in [2.45, 2.75) is 39.2 Å². The molecule has 0 bridgehead atoms. The molecule has 0 aliphatic carbocycles. The van der Waals surface area contributed by atoms with E-state index in [4.69, 9.17) is 5.11 Å². The van der Waals surface area contributed by atoms with Gasteiger partial charge in [0.2, 0.25) is 11.8 Å². The standard InChI is InChI=1S/C10H15NO4/c1-6(2)11-8(12)4-3-7(10(11)15)5-9(13)14/h6-7H,3-5H2,1-2H3,(H,13,14). The van der Waals surface area contributed by atoms with E-state index in [0.29, 0.717) is 6.42 Å². The van der Waals surface area contributed by atoms with Crippen LogP contribution in [0, 0.1) is 5.92 Å². The van der Waals surface area contributed by atoms with Crippen molar-refractivity contribution in [1.29, 1.82) is 0 Å². The van der Waals surface area contributed by atoms with Crippen molar-refractivity contribution in [3.05, 3.63) is 0 Å². The SMILES string of the molecule is CC(C)N1C(=O)CCC(CC(=O)O)C1=O. The van der Waals surface area contributed by atoms with E-state index in [1.54, 1.807) is 13.8 Å². The minimum Gasteiger partial charge on any atom is -0.481 e. The maximum absolute atomic E-state index is 11.8. The van der Waals surface area contributed by atoms with E-state index in [1.165, 1.54) is 4.90 Å². The number of hydrogen-bond donors (Lipinski definition) is 1. The van der Waals surface area contributed by atoms with E-state index in [1.807, 2.05) is 0 Å². The van der Waals surface area contributed by atoms with Crippen LogP contribution < -0.4 is 0 Å². The van der Waals surface area contributed by atoms with Gasteiger partial charge in [0.1, 0.15) is 0 Å². The zero-order valence-corrected chi connectivity index (χ0v) is 8.90. The van der Waals surface area contributed by atoms with Crippen LogP contribution in [0.15, 0.2) is 0 Å². The summed E-state index contributed by atoms with van der Waals surface area (Å²) in [5, 5.41) is 8.62. The molecular formula is C10H15NO4. The molecule has 0 aromatic rings. The molecule has 0 aromatic carbocycles. The lowest BCUT2D eigenvalue weighted by Crippen LogP contribution is -2.49. The molecule has 1 fully saturated rings. The van der Waals surface area contributed by atoms with E-state index in [2.05, 4.69) is 0 Å². The maximum atomic E-state index is 11.8. The smallest absolute Gasteiger partial charge is 0.304 e. The van der Waals surface area contributed by atoms with Crippen LogP contribution >= 0.6 is 0 Å². The monoisotopic (exact) mass is 213 g/mol. The number of imide groups is 1. The Morgan fingerprint density at radius 3 is 2.60 bits per heavy atom. The molecule has 1 N–H and O–H groups in total. The van der Waals surface area contributed by atoms with Crippen molar-refractivity contribution in [2.75, 3.05) is 0 Å². The number of carboxylic acid groups (broad SMARTS) is 1. The summed E-state index contributed by atoms with van der Waals surface area (Å²) in [7, 11) is 0. The second kappa shape index (κ2) is 4.42. The molecule has 0 radical (unpaired) electrons. The molecule has 0 aromatic heterocycles. The van der Waals surface area contributed by atoms with Gasteiger partial charge < -0.3 is 5.11 Å². The second-order valence-corrected chi connectivity index (χ2v) is 4.03. The van der Waals surface area contributed by atoms with Gasteiger partial charge in [-0.3, -0.25) is 19.3 Å². The maximum Gasteiger partial charge on any atom is 0.304 e. The zero-order chi connectivity index (χ0) is 11.6. The fourth-order valence-electron chi connectivity index (χ4n) is 1.80. The lowest BCUT2D eigenvalue weighted by atomic mass is 9.92. The largest absolute Gasteiger partial charge is 0.481 e. The van der Waals surface area contributed by atoms with Gasteiger partial charge in [-0.2, -0.15) is 0 Å². The molecule has 0 saturated carbocycles. The fourth-order valence-corrected chi connectivity index (χ4v) is 1.80. The van der Waals surface area contributed by atoms with E-state index < -0.39 is 11.9 Å².